The summed E-state index contributed by atoms with van der Waals surface area (Å²) >= 11 is 12.1. The second-order valence-electron chi connectivity index (χ2n) is 5.00. The standard InChI is InChI=1S/C15H13Cl2N7O/c1-9(13-20-8-21-24(13)14-18-6-3-7-19-14)22-15(25)23-12-10(16)4-2-5-11(12)17/h2-9H,1H3,(H2,22,23,25)/t9-/m0/s1. The minimum atomic E-state index is -0.481. The van der Waals surface area contributed by atoms with Crippen molar-refractivity contribution in [3.8, 4) is 5.95 Å². The highest BCUT2D eigenvalue weighted by Gasteiger charge is 2.18. The number of halogens is 2. The first-order chi connectivity index (χ1) is 12.1. The van der Waals surface area contributed by atoms with Gasteiger partial charge in [0.2, 0.25) is 0 Å². The number of nitrogens with zero attached hydrogens (tertiary/aromatic N) is 5. The number of aromatic nitrogens is 5. The average molecular weight is 378 g/mol. The van der Waals surface area contributed by atoms with Crippen molar-refractivity contribution in [3.05, 3.63) is 58.9 Å². The van der Waals surface area contributed by atoms with Crippen LogP contribution in [0, 0.1) is 0 Å². The second kappa shape index (κ2) is 7.45. The Hall–Kier alpha value is -2.71. The SMILES string of the molecule is C[C@H](NC(=O)Nc1c(Cl)cccc1Cl)c1ncnn1-c1ncccn1. The fraction of sp³-hybridized carbons (Fsp3) is 0.133. The van der Waals surface area contributed by atoms with Gasteiger partial charge in [0.25, 0.3) is 5.95 Å². The summed E-state index contributed by atoms with van der Waals surface area (Å²) in [7, 11) is 0. The molecule has 0 bridgehead atoms. The van der Waals surface area contributed by atoms with Crippen LogP contribution in [-0.2, 0) is 0 Å². The van der Waals surface area contributed by atoms with Crippen LogP contribution in [0.1, 0.15) is 18.8 Å². The molecule has 0 aliphatic carbocycles. The first-order valence-electron chi connectivity index (χ1n) is 7.25. The van der Waals surface area contributed by atoms with E-state index in [2.05, 4.69) is 30.7 Å². The average Bonchev–Trinajstić information content (AvgIpc) is 3.09. The maximum Gasteiger partial charge on any atom is 0.319 e. The lowest BCUT2D eigenvalue weighted by molar-refractivity contribution is 0.248. The molecule has 0 saturated carbocycles. The van der Waals surface area contributed by atoms with Crippen molar-refractivity contribution in [1.82, 2.24) is 30.0 Å². The molecule has 1 aromatic carbocycles. The van der Waals surface area contributed by atoms with E-state index in [4.69, 9.17) is 23.2 Å². The van der Waals surface area contributed by atoms with Gasteiger partial charge >= 0.3 is 6.03 Å². The molecule has 1 atom stereocenters. The first-order valence-corrected chi connectivity index (χ1v) is 8.00. The molecule has 10 heteroatoms. The molecule has 2 aromatic heterocycles. The van der Waals surface area contributed by atoms with Crippen LogP contribution in [0.3, 0.4) is 0 Å². The number of carbonyl (C=O) groups is 1. The second-order valence-corrected chi connectivity index (χ2v) is 5.81. The number of carbonyl (C=O) groups excluding carboxylic acids is 1. The van der Waals surface area contributed by atoms with E-state index in [9.17, 15) is 4.79 Å². The van der Waals surface area contributed by atoms with Gasteiger partial charge in [-0.2, -0.15) is 9.78 Å². The molecule has 0 unspecified atom stereocenters. The molecule has 128 valence electrons. The number of para-hydroxylation sites is 1. The third-order valence-electron chi connectivity index (χ3n) is 3.25. The molecule has 0 spiro atoms. The van der Waals surface area contributed by atoms with Crippen LogP contribution in [0.5, 0.6) is 0 Å². The predicted molar refractivity (Wildman–Crippen MR) is 94.0 cm³/mol. The number of amides is 2. The van der Waals surface area contributed by atoms with E-state index in [1.165, 1.54) is 11.0 Å². The fourth-order valence-corrected chi connectivity index (χ4v) is 2.62. The minimum absolute atomic E-state index is 0.336. The van der Waals surface area contributed by atoms with Crippen molar-refractivity contribution in [2.24, 2.45) is 0 Å². The van der Waals surface area contributed by atoms with Crippen LogP contribution >= 0.6 is 23.2 Å². The van der Waals surface area contributed by atoms with Crippen molar-refractivity contribution in [3.63, 3.8) is 0 Å². The summed E-state index contributed by atoms with van der Waals surface area (Å²) in [4.78, 5) is 24.6. The van der Waals surface area contributed by atoms with Gasteiger partial charge in [0.05, 0.1) is 21.8 Å². The number of benzene rings is 1. The van der Waals surface area contributed by atoms with E-state index in [1.807, 2.05) is 0 Å². The number of hydrogen-bond donors (Lipinski definition) is 2. The van der Waals surface area contributed by atoms with Crippen molar-refractivity contribution in [1.29, 1.82) is 0 Å². The highest BCUT2D eigenvalue weighted by molar-refractivity contribution is 6.39. The lowest BCUT2D eigenvalue weighted by Crippen LogP contribution is -2.33. The van der Waals surface area contributed by atoms with Crippen LogP contribution in [0.4, 0.5) is 10.5 Å². The Labute approximate surface area is 153 Å². The van der Waals surface area contributed by atoms with Crippen LogP contribution in [0.25, 0.3) is 5.95 Å². The normalized spacial score (nSPS) is 11.8. The molecule has 0 fully saturated rings. The van der Waals surface area contributed by atoms with Gasteiger partial charge in [-0.05, 0) is 25.1 Å². The Morgan fingerprint density at radius 3 is 2.48 bits per heavy atom. The maximum atomic E-state index is 12.2. The van der Waals surface area contributed by atoms with Crippen molar-refractivity contribution < 1.29 is 4.79 Å². The first kappa shape index (κ1) is 17.1. The molecule has 0 aliphatic rings. The van der Waals surface area contributed by atoms with E-state index in [1.54, 1.807) is 43.6 Å². The zero-order valence-corrected chi connectivity index (χ0v) is 14.5. The van der Waals surface area contributed by atoms with Crippen LogP contribution in [0.15, 0.2) is 43.0 Å². The van der Waals surface area contributed by atoms with Gasteiger partial charge in [0.15, 0.2) is 5.82 Å². The molecule has 2 heterocycles. The predicted octanol–water partition coefficient (Wildman–Crippen LogP) is 3.25. The number of nitrogens with one attached hydrogen (secondary N) is 2. The molecule has 25 heavy (non-hydrogen) atoms. The number of urea groups is 1. The third-order valence-corrected chi connectivity index (χ3v) is 3.88. The van der Waals surface area contributed by atoms with E-state index < -0.39 is 12.1 Å². The molecule has 2 N–H and O–H groups in total. The quantitative estimate of drug-likeness (QED) is 0.726. The third kappa shape index (κ3) is 3.86. The minimum Gasteiger partial charge on any atom is -0.328 e. The summed E-state index contributed by atoms with van der Waals surface area (Å²) in [6, 6.07) is 5.71. The van der Waals surface area contributed by atoms with Crippen LogP contribution in [0.2, 0.25) is 10.0 Å². The maximum absolute atomic E-state index is 12.2. The lowest BCUT2D eigenvalue weighted by Gasteiger charge is -2.15. The zero-order valence-electron chi connectivity index (χ0n) is 13.0. The lowest BCUT2D eigenvalue weighted by atomic mass is 10.3. The Balaban J connectivity index is 1.74. The van der Waals surface area contributed by atoms with E-state index in [-0.39, 0.29) is 0 Å². The van der Waals surface area contributed by atoms with Gasteiger partial charge in [0.1, 0.15) is 6.33 Å². The fourth-order valence-electron chi connectivity index (χ4n) is 2.13. The Bertz CT molecular complexity index is 864. The summed E-state index contributed by atoms with van der Waals surface area (Å²) in [6.07, 6.45) is 4.56. The monoisotopic (exact) mass is 377 g/mol. The number of hydrogen-bond acceptors (Lipinski definition) is 5. The molecule has 3 aromatic rings. The topological polar surface area (TPSA) is 97.6 Å². The smallest absolute Gasteiger partial charge is 0.319 e. The zero-order chi connectivity index (χ0) is 17.8. The Morgan fingerprint density at radius 2 is 1.80 bits per heavy atom. The molecule has 0 radical (unpaired) electrons. The van der Waals surface area contributed by atoms with E-state index >= 15 is 0 Å². The van der Waals surface area contributed by atoms with Crippen molar-refractivity contribution in [2.45, 2.75) is 13.0 Å². The molecule has 0 saturated heterocycles. The Kier molecular flexibility index (Phi) is 5.11. The van der Waals surface area contributed by atoms with Crippen LogP contribution in [-0.4, -0.2) is 30.8 Å². The van der Waals surface area contributed by atoms with Gasteiger partial charge in [-0.15, -0.1) is 0 Å². The van der Waals surface area contributed by atoms with Gasteiger partial charge < -0.3 is 10.6 Å². The van der Waals surface area contributed by atoms with Crippen molar-refractivity contribution >= 4 is 34.9 Å². The van der Waals surface area contributed by atoms with Gasteiger partial charge in [-0.1, -0.05) is 29.3 Å². The summed E-state index contributed by atoms with van der Waals surface area (Å²) in [6.45, 7) is 1.76. The van der Waals surface area contributed by atoms with Gasteiger partial charge in [-0.25, -0.2) is 19.7 Å². The highest BCUT2D eigenvalue weighted by atomic mass is 35.5. The number of anilines is 1. The molecular weight excluding hydrogens is 365 g/mol. The summed E-state index contributed by atoms with van der Waals surface area (Å²) in [5.74, 6) is 0.838. The molecule has 2 amide bonds. The van der Waals surface area contributed by atoms with E-state index in [0.29, 0.717) is 27.5 Å². The van der Waals surface area contributed by atoms with E-state index in [0.717, 1.165) is 0 Å². The highest BCUT2D eigenvalue weighted by Crippen LogP contribution is 2.29. The largest absolute Gasteiger partial charge is 0.328 e. The summed E-state index contributed by atoms with van der Waals surface area (Å²) < 4.78 is 1.45. The number of rotatable bonds is 4. The Morgan fingerprint density at radius 1 is 1.12 bits per heavy atom. The molecule has 8 nitrogen and oxygen atoms in total. The van der Waals surface area contributed by atoms with Gasteiger partial charge in [0, 0.05) is 12.4 Å². The van der Waals surface area contributed by atoms with Gasteiger partial charge in [-0.3, -0.25) is 0 Å². The van der Waals surface area contributed by atoms with Crippen LogP contribution < -0.4 is 10.6 Å². The molecular formula is C15H13Cl2N7O. The molecule has 0 aliphatic heterocycles. The summed E-state index contributed by atoms with van der Waals surface area (Å²) in [5, 5.41) is 10.2. The summed E-state index contributed by atoms with van der Waals surface area (Å²) in [5.41, 5.74) is 0.336. The van der Waals surface area contributed by atoms with Crippen molar-refractivity contribution in [2.75, 3.05) is 5.32 Å². The molecule has 3 rings (SSSR count).